The van der Waals surface area contributed by atoms with Crippen LogP contribution < -0.4 is 20.8 Å². The predicted molar refractivity (Wildman–Crippen MR) is 194 cm³/mol. The number of amides is 2. The summed E-state index contributed by atoms with van der Waals surface area (Å²) in [6, 6.07) is 15.4. The van der Waals surface area contributed by atoms with E-state index in [1.54, 1.807) is 12.1 Å². The molecule has 1 heterocycles. The van der Waals surface area contributed by atoms with Crippen LogP contribution in [0.5, 0.6) is 5.75 Å². The van der Waals surface area contributed by atoms with Gasteiger partial charge < -0.3 is 24.5 Å². The van der Waals surface area contributed by atoms with E-state index in [-0.39, 0.29) is 30.2 Å². The Hall–Kier alpha value is -4.95. The van der Waals surface area contributed by atoms with Gasteiger partial charge in [0.1, 0.15) is 17.1 Å². The molecule has 0 aliphatic heterocycles. The average molecular weight is 653 g/mol. The van der Waals surface area contributed by atoms with Crippen molar-refractivity contribution in [3.63, 3.8) is 0 Å². The van der Waals surface area contributed by atoms with Gasteiger partial charge in [-0.25, -0.2) is 4.79 Å². The highest BCUT2D eigenvalue weighted by Gasteiger charge is 2.10. The first-order chi connectivity index (χ1) is 23.6. The number of carbonyl (C=O) groups excluding carboxylic acids is 2. The van der Waals surface area contributed by atoms with Crippen LogP contribution in [0.15, 0.2) is 125 Å². The fraction of sp³-hybridized carbons (Fsp3) is 0.325. The molecule has 2 N–H and O–H groups in total. The molecule has 0 saturated carbocycles. The molecule has 0 aliphatic carbocycles. The van der Waals surface area contributed by atoms with Crippen molar-refractivity contribution >= 4 is 23.0 Å². The van der Waals surface area contributed by atoms with E-state index < -0.39 is 6.09 Å². The summed E-state index contributed by atoms with van der Waals surface area (Å²) in [5.74, 6) is 0.689. The fourth-order valence-corrected chi connectivity index (χ4v) is 4.51. The zero-order chi connectivity index (χ0) is 34.1. The van der Waals surface area contributed by atoms with Crippen molar-refractivity contribution in [2.24, 2.45) is 0 Å². The lowest BCUT2D eigenvalue weighted by molar-refractivity contribution is -0.121. The molecule has 0 bridgehead atoms. The number of nitrogens with one attached hydrogen (secondary N) is 2. The first-order valence-electron chi connectivity index (χ1n) is 16.7. The minimum Gasteiger partial charge on any atom is -0.456 e. The molecule has 2 amide bonds. The van der Waals surface area contributed by atoms with Gasteiger partial charge >= 0.3 is 6.09 Å². The average Bonchev–Trinajstić information content (AvgIpc) is 3.09. The molecule has 3 aromatic rings. The Balaban J connectivity index is 1.17. The summed E-state index contributed by atoms with van der Waals surface area (Å²) in [5, 5.41) is 5.77. The summed E-state index contributed by atoms with van der Waals surface area (Å²) in [7, 11) is 0. The van der Waals surface area contributed by atoms with Gasteiger partial charge in [-0.2, -0.15) is 0 Å². The SMILES string of the molecule is CC/C=C\C/C=C\C/C=C\C/C=C\C/C=C\CCCC(=O)NCCOCCNC(=O)Oc1ccc2oc(-c3ccccc3)cc(=O)c2c1. The summed E-state index contributed by atoms with van der Waals surface area (Å²) in [6.07, 6.45) is 28.1. The van der Waals surface area contributed by atoms with Gasteiger partial charge in [0.25, 0.3) is 0 Å². The second-order valence-corrected chi connectivity index (χ2v) is 10.9. The van der Waals surface area contributed by atoms with Gasteiger partial charge in [-0.05, 0) is 63.1 Å². The smallest absolute Gasteiger partial charge is 0.412 e. The topological polar surface area (TPSA) is 107 Å². The quantitative estimate of drug-likeness (QED) is 0.0882. The number of unbranched alkanes of at least 4 members (excludes halogenated alkanes) is 1. The van der Waals surface area contributed by atoms with Crippen LogP contribution in [0.4, 0.5) is 4.79 Å². The van der Waals surface area contributed by atoms with Gasteiger partial charge in [-0.15, -0.1) is 0 Å². The van der Waals surface area contributed by atoms with Crippen molar-refractivity contribution in [3.05, 3.63) is 126 Å². The van der Waals surface area contributed by atoms with Crippen LogP contribution >= 0.6 is 0 Å². The van der Waals surface area contributed by atoms with E-state index in [4.69, 9.17) is 13.9 Å². The van der Waals surface area contributed by atoms with Crippen molar-refractivity contribution in [1.29, 1.82) is 0 Å². The molecule has 0 atom stereocenters. The van der Waals surface area contributed by atoms with Crippen molar-refractivity contribution in [2.45, 2.75) is 58.3 Å². The molecule has 0 fully saturated rings. The lowest BCUT2D eigenvalue weighted by Gasteiger charge is -2.09. The van der Waals surface area contributed by atoms with Gasteiger partial charge in [-0.3, -0.25) is 9.59 Å². The van der Waals surface area contributed by atoms with Crippen LogP contribution in [0.1, 0.15) is 58.3 Å². The Morgan fingerprint density at radius 2 is 1.38 bits per heavy atom. The maximum Gasteiger partial charge on any atom is 0.412 e. The number of hydrogen-bond donors (Lipinski definition) is 2. The molecule has 0 radical (unpaired) electrons. The Morgan fingerprint density at radius 1 is 0.750 bits per heavy atom. The van der Waals surface area contributed by atoms with E-state index in [1.807, 2.05) is 30.3 Å². The maximum atomic E-state index is 12.7. The summed E-state index contributed by atoms with van der Waals surface area (Å²) >= 11 is 0. The zero-order valence-corrected chi connectivity index (χ0v) is 27.9. The lowest BCUT2D eigenvalue weighted by Crippen LogP contribution is -2.31. The molecular formula is C40H48N2O6. The van der Waals surface area contributed by atoms with Crippen molar-refractivity contribution < 1.29 is 23.5 Å². The minimum absolute atomic E-state index is 0.00614. The van der Waals surface area contributed by atoms with Crippen molar-refractivity contribution in [3.8, 4) is 17.1 Å². The highest BCUT2D eigenvalue weighted by atomic mass is 16.6. The van der Waals surface area contributed by atoms with Crippen LogP contribution in [0.2, 0.25) is 0 Å². The Kier molecular flexibility index (Phi) is 18.3. The molecule has 3 rings (SSSR count). The van der Waals surface area contributed by atoms with Crippen molar-refractivity contribution in [2.75, 3.05) is 26.3 Å². The van der Waals surface area contributed by atoms with Crippen LogP contribution in [0, 0.1) is 0 Å². The Labute approximate surface area is 283 Å². The molecule has 0 unspecified atom stereocenters. The predicted octanol–water partition coefficient (Wildman–Crippen LogP) is 8.60. The molecule has 0 saturated heterocycles. The normalized spacial score (nSPS) is 11.9. The monoisotopic (exact) mass is 652 g/mol. The third-order valence-corrected chi connectivity index (χ3v) is 6.98. The molecule has 8 heteroatoms. The molecule has 254 valence electrons. The molecule has 8 nitrogen and oxygen atoms in total. The summed E-state index contributed by atoms with van der Waals surface area (Å²) in [5.41, 5.74) is 0.973. The number of allylic oxidation sites excluding steroid dienone is 10. The highest BCUT2D eigenvalue weighted by Crippen LogP contribution is 2.24. The molecule has 1 aromatic heterocycles. The molecule has 2 aromatic carbocycles. The Morgan fingerprint density at radius 3 is 2.04 bits per heavy atom. The van der Waals surface area contributed by atoms with Crippen molar-refractivity contribution in [1.82, 2.24) is 10.6 Å². The van der Waals surface area contributed by atoms with Gasteiger partial charge in [0.05, 0.1) is 18.6 Å². The van der Waals surface area contributed by atoms with E-state index in [2.05, 4.69) is 78.3 Å². The molecule has 0 aliphatic rings. The van der Waals surface area contributed by atoms with Crippen LogP contribution in [0.3, 0.4) is 0 Å². The summed E-state index contributed by atoms with van der Waals surface area (Å²) < 4.78 is 16.7. The third-order valence-electron chi connectivity index (χ3n) is 6.98. The largest absolute Gasteiger partial charge is 0.456 e. The van der Waals surface area contributed by atoms with Gasteiger partial charge in [0, 0.05) is 31.1 Å². The molecular weight excluding hydrogens is 604 g/mol. The van der Waals surface area contributed by atoms with Gasteiger partial charge in [-0.1, -0.05) is 98.0 Å². The van der Waals surface area contributed by atoms with Gasteiger partial charge in [0.2, 0.25) is 5.91 Å². The first kappa shape index (κ1) is 37.5. The second kappa shape index (κ2) is 23.4. The summed E-state index contributed by atoms with van der Waals surface area (Å²) in [6.45, 7) is 3.37. The van der Waals surface area contributed by atoms with E-state index in [0.29, 0.717) is 36.3 Å². The van der Waals surface area contributed by atoms with E-state index >= 15 is 0 Å². The van der Waals surface area contributed by atoms with E-state index in [1.165, 1.54) is 12.1 Å². The second-order valence-electron chi connectivity index (χ2n) is 10.9. The van der Waals surface area contributed by atoms with E-state index in [0.717, 1.165) is 50.5 Å². The highest BCUT2D eigenvalue weighted by molar-refractivity contribution is 5.81. The maximum absolute atomic E-state index is 12.7. The van der Waals surface area contributed by atoms with E-state index in [9.17, 15) is 14.4 Å². The number of fused-ring (bicyclic) bond motifs is 1. The number of ether oxygens (including phenoxy) is 2. The molecule has 48 heavy (non-hydrogen) atoms. The first-order valence-corrected chi connectivity index (χ1v) is 16.7. The van der Waals surface area contributed by atoms with Crippen LogP contribution in [-0.4, -0.2) is 38.3 Å². The zero-order valence-electron chi connectivity index (χ0n) is 27.9. The number of rotatable bonds is 21. The number of hydrogen-bond acceptors (Lipinski definition) is 6. The summed E-state index contributed by atoms with van der Waals surface area (Å²) in [4.78, 5) is 36.9. The number of carbonyl (C=O) groups is 2. The number of benzene rings is 2. The van der Waals surface area contributed by atoms with Crippen LogP contribution in [-0.2, 0) is 9.53 Å². The molecule has 0 spiro atoms. The minimum atomic E-state index is -0.663. The standard InChI is InChI=1S/C40H48N2O6/c1-2-3-4-5-6-7-8-9-10-11-12-13-14-15-16-17-21-24-39(44)41-27-29-46-30-28-42-40(45)47-34-25-26-37-35(31-34)36(43)32-38(48-37)33-22-19-18-20-23-33/h3-4,6-7,9-10,12-13,15-16,18-20,22-23,25-26,31-32H,2,5,8,11,14,17,21,24,27-30H2,1H3,(H,41,44)(H,42,45)/b4-3-,7-6-,10-9-,13-12-,16-15-. The Bertz CT molecular complexity index is 1600. The third kappa shape index (κ3) is 15.6. The fourth-order valence-electron chi connectivity index (χ4n) is 4.51. The lowest BCUT2D eigenvalue weighted by atomic mass is 10.1. The van der Waals surface area contributed by atoms with Crippen LogP contribution in [0.25, 0.3) is 22.3 Å². The van der Waals surface area contributed by atoms with Gasteiger partial charge in [0.15, 0.2) is 5.43 Å².